The van der Waals surface area contributed by atoms with E-state index in [1.807, 2.05) is 12.1 Å². The van der Waals surface area contributed by atoms with Gasteiger partial charge >= 0.3 is 0 Å². The molecule has 17 heavy (non-hydrogen) atoms. The summed E-state index contributed by atoms with van der Waals surface area (Å²) in [5.74, 6) is 0.179. The Kier molecular flexibility index (Phi) is 1.98. The molecule has 0 saturated carbocycles. The van der Waals surface area contributed by atoms with E-state index in [1.54, 1.807) is 12.1 Å². The van der Waals surface area contributed by atoms with Crippen LogP contribution in [0, 0.1) is 10.1 Å². The monoisotopic (exact) mass is 227 g/mol. The zero-order valence-electron chi connectivity index (χ0n) is 8.97. The number of benzene rings is 2. The van der Waals surface area contributed by atoms with Gasteiger partial charge in [-0.25, -0.2) is 0 Å². The van der Waals surface area contributed by atoms with Gasteiger partial charge in [-0.1, -0.05) is 18.2 Å². The van der Waals surface area contributed by atoms with Gasteiger partial charge in [-0.05, 0) is 22.6 Å². The van der Waals surface area contributed by atoms with Gasteiger partial charge in [0.05, 0.1) is 10.3 Å². The van der Waals surface area contributed by atoms with Gasteiger partial charge < -0.3 is 0 Å². The van der Waals surface area contributed by atoms with Crippen LogP contribution in [0.5, 0.6) is 0 Å². The molecule has 0 N–H and O–H groups in total. The van der Waals surface area contributed by atoms with Crippen LogP contribution in [0.3, 0.4) is 0 Å². The molecule has 0 bridgehead atoms. The van der Waals surface area contributed by atoms with Crippen molar-refractivity contribution >= 4 is 22.2 Å². The van der Waals surface area contributed by atoms with E-state index >= 15 is 0 Å². The fourth-order valence-electron chi connectivity index (χ4n) is 2.38. The summed E-state index contributed by atoms with van der Waals surface area (Å²) in [5.41, 5.74) is 2.03. The number of Topliss-reactive ketones (excluding diaryl/α,β-unsaturated/α-hetero) is 1. The topological polar surface area (TPSA) is 60.2 Å². The first-order valence-electron chi connectivity index (χ1n) is 5.36. The van der Waals surface area contributed by atoms with E-state index in [-0.39, 0.29) is 16.4 Å². The van der Waals surface area contributed by atoms with Gasteiger partial charge in [0.1, 0.15) is 5.78 Å². The Balaban J connectivity index is 2.32. The van der Waals surface area contributed by atoms with Crippen LogP contribution in [-0.2, 0) is 17.6 Å². The average molecular weight is 227 g/mol. The predicted molar refractivity (Wildman–Crippen MR) is 63.0 cm³/mol. The Morgan fingerprint density at radius 2 is 1.82 bits per heavy atom. The lowest BCUT2D eigenvalue weighted by Crippen LogP contribution is -1.92. The van der Waals surface area contributed by atoms with Gasteiger partial charge in [0, 0.05) is 18.9 Å². The second-order valence-corrected chi connectivity index (χ2v) is 4.27. The standard InChI is InChI=1S/C13H9NO3/c15-11-5-9-4-8-2-1-3-13(14(16)17)12(8)7-10(9)6-11/h1-4,7H,5-6H2. The van der Waals surface area contributed by atoms with Crippen molar-refractivity contribution in [3.05, 3.63) is 51.6 Å². The molecule has 0 aliphatic heterocycles. The van der Waals surface area contributed by atoms with Crippen molar-refractivity contribution in [2.45, 2.75) is 12.8 Å². The summed E-state index contributed by atoms with van der Waals surface area (Å²) in [7, 11) is 0. The van der Waals surface area contributed by atoms with E-state index in [2.05, 4.69) is 0 Å². The normalized spacial score (nSPS) is 14.0. The third kappa shape index (κ3) is 1.49. The van der Waals surface area contributed by atoms with Crippen molar-refractivity contribution < 1.29 is 9.72 Å². The number of rotatable bonds is 1. The predicted octanol–water partition coefficient (Wildman–Crippen LogP) is 2.42. The van der Waals surface area contributed by atoms with Crippen LogP contribution in [0.2, 0.25) is 0 Å². The van der Waals surface area contributed by atoms with Crippen LogP contribution >= 0.6 is 0 Å². The number of carbonyl (C=O) groups is 1. The number of fused-ring (bicyclic) bond motifs is 2. The highest BCUT2D eigenvalue weighted by atomic mass is 16.6. The molecule has 3 rings (SSSR count). The Morgan fingerprint density at radius 3 is 2.53 bits per heavy atom. The highest BCUT2D eigenvalue weighted by Crippen LogP contribution is 2.31. The summed E-state index contributed by atoms with van der Waals surface area (Å²) in [4.78, 5) is 21.9. The zero-order chi connectivity index (χ0) is 12.0. The number of non-ortho nitro benzene ring substituents is 1. The second kappa shape index (κ2) is 3.38. The van der Waals surface area contributed by atoms with Crippen LogP contribution in [0.1, 0.15) is 11.1 Å². The van der Waals surface area contributed by atoms with Crippen molar-refractivity contribution in [2.75, 3.05) is 0 Å². The molecule has 2 aromatic carbocycles. The van der Waals surface area contributed by atoms with Crippen molar-refractivity contribution in [2.24, 2.45) is 0 Å². The third-order valence-corrected chi connectivity index (χ3v) is 3.15. The minimum absolute atomic E-state index is 0.102. The first-order chi connectivity index (χ1) is 8.15. The Labute approximate surface area is 97.0 Å². The maximum Gasteiger partial charge on any atom is 0.277 e. The molecule has 1 aliphatic rings. The van der Waals surface area contributed by atoms with Gasteiger partial charge in [0.2, 0.25) is 0 Å². The van der Waals surface area contributed by atoms with Crippen LogP contribution in [0.4, 0.5) is 5.69 Å². The summed E-state index contributed by atoms with van der Waals surface area (Å²) in [6.45, 7) is 0. The molecular formula is C13H9NO3. The molecule has 4 heteroatoms. The molecule has 0 saturated heterocycles. The lowest BCUT2D eigenvalue weighted by Gasteiger charge is -2.03. The summed E-state index contributed by atoms with van der Waals surface area (Å²) < 4.78 is 0. The quantitative estimate of drug-likeness (QED) is 0.555. The lowest BCUT2D eigenvalue weighted by molar-refractivity contribution is -0.383. The minimum Gasteiger partial charge on any atom is -0.299 e. The number of carbonyl (C=O) groups excluding carboxylic acids is 1. The molecule has 0 unspecified atom stereocenters. The molecule has 0 fully saturated rings. The first-order valence-corrected chi connectivity index (χ1v) is 5.36. The van der Waals surface area contributed by atoms with Gasteiger partial charge in [0.25, 0.3) is 5.69 Å². The average Bonchev–Trinajstić information content (AvgIpc) is 2.63. The molecule has 0 aromatic heterocycles. The molecule has 0 heterocycles. The molecule has 2 aromatic rings. The fraction of sp³-hybridized carbons (Fsp3) is 0.154. The van der Waals surface area contributed by atoms with Crippen LogP contribution in [0.15, 0.2) is 30.3 Å². The summed E-state index contributed by atoms with van der Waals surface area (Å²) in [6.07, 6.45) is 0.852. The summed E-state index contributed by atoms with van der Waals surface area (Å²) in [6, 6.07) is 8.68. The van der Waals surface area contributed by atoms with E-state index in [4.69, 9.17) is 0 Å². The Morgan fingerprint density at radius 1 is 1.12 bits per heavy atom. The molecule has 84 valence electrons. The first kappa shape index (κ1) is 9.96. The van der Waals surface area contributed by atoms with Crippen LogP contribution in [0.25, 0.3) is 10.8 Å². The molecule has 0 spiro atoms. The number of nitro benzene ring substituents is 1. The van der Waals surface area contributed by atoms with Gasteiger partial charge in [-0.3, -0.25) is 14.9 Å². The highest BCUT2D eigenvalue weighted by Gasteiger charge is 2.21. The van der Waals surface area contributed by atoms with E-state index in [1.165, 1.54) is 6.07 Å². The van der Waals surface area contributed by atoms with Crippen molar-refractivity contribution in [3.63, 3.8) is 0 Å². The van der Waals surface area contributed by atoms with Gasteiger partial charge in [0.15, 0.2) is 0 Å². The number of hydrogen-bond donors (Lipinski definition) is 0. The second-order valence-electron chi connectivity index (χ2n) is 4.27. The van der Waals surface area contributed by atoms with Gasteiger partial charge in [-0.2, -0.15) is 0 Å². The molecule has 1 aliphatic carbocycles. The van der Waals surface area contributed by atoms with Crippen LogP contribution in [-0.4, -0.2) is 10.7 Å². The minimum atomic E-state index is -0.383. The third-order valence-electron chi connectivity index (χ3n) is 3.15. The summed E-state index contributed by atoms with van der Waals surface area (Å²) >= 11 is 0. The Bertz CT molecular complexity index is 661. The van der Waals surface area contributed by atoms with Crippen LogP contribution < -0.4 is 0 Å². The van der Waals surface area contributed by atoms with Crippen molar-refractivity contribution in [1.82, 2.24) is 0 Å². The molecule has 0 radical (unpaired) electrons. The molecular weight excluding hydrogens is 218 g/mol. The zero-order valence-corrected chi connectivity index (χ0v) is 8.97. The van der Waals surface area contributed by atoms with E-state index in [0.717, 1.165) is 16.5 Å². The SMILES string of the molecule is O=C1Cc2cc3cccc([N+](=O)[O-])c3cc2C1. The lowest BCUT2D eigenvalue weighted by atomic mass is 10.0. The number of ketones is 1. The number of hydrogen-bond acceptors (Lipinski definition) is 3. The van der Waals surface area contributed by atoms with E-state index in [0.29, 0.717) is 18.2 Å². The summed E-state index contributed by atoms with van der Waals surface area (Å²) in [5, 5.41) is 12.4. The molecule has 0 amide bonds. The highest BCUT2D eigenvalue weighted by molar-refractivity contribution is 5.96. The van der Waals surface area contributed by atoms with Gasteiger partial charge in [-0.15, -0.1) is 0 Å². The smallest absolute Gasteiger partial charge is 0.277 e. The van der Waals surface area contributed by atoms with E-state index < -0.39 is 0 Å². The van der Waals surface area contributed by atoms with Crippen molar-refractivity contribution in [1.29, 1.82) is 0 Å². The largest absolute Gasteiger partial charge is 0.299 e. The number of nitro groups is 1. The fourth-order valence-corrected chi connectivity index (χ4v) is 2.38. The maximum absolute atomic E-state index is 11.4. The maximum atomic E-state index is 11.4. The Hall–Kier alpha value is -2.23. The van der Waals surface area contributed by atoms with E-state index in [9.17, 15) is 14.9 Å². The van der Waals surface area contributed by atoms with Crippen molar-refractivity contribution in [3.8, 4) is 0 Å². The number of nitrogens with zero attached hydrogens (tertiary/aromatic N) is 1. The molecule has 4 nitrogen and oxygen atoms in total. The molecule has 0 atom stereocenters.